The van der Waals surface area contributed by atoms with Gasteiger partial charge >= 0.3 is 0 Å². The van der Waals surface area contributed by atoms with Crippen LogP contribution in [0.3, 0.4) is 0 Å². The van der Waals surface area contributed by atoms with Crippen LogP contribution >= 0.6 is 0 Å². The first-order valence-corrected chi connectivity index (χ1v) is 7.08. The third kappa shape index (κ3) is 4.81. The van der Waals surface area contributed by atoms with Gasteiger partial charge in [-0.15, -0.1) is 0 Å². The summed E-state index contributed by atoms with van der Waals surface area (Å²) in [6, 6.07) is 1.50. The average Bonchev–Trinajstić information content (AvgIpc) is 2.42. The van der Waals surface area contributed by atoms with Gasteiger partial charge in [0.05, 0.1) is 6.61 Å². The number of pyridine rings is 1. The summed E-state index contributed by atoms with van der Waals surface area (Å²) in [6.45, 7) is 5.73. The van der Waals surface area contributed by atoms with E-state index in [4.69, 9.17) is 4.74 Å². The summed E-state index contributed by atoms with van der Waals surface area (Å²) in [7, 11) is 1.62. The summed E-state index contributed by atoms with van der Waals surface area (Å²) < 4.78 is 6.89. The molecule has 20 heavy (non-hydrogen) atoms. The maximum atomic E-state index is 12.0. The number of rotatable bonds is 8. The van der Waals surface area contributed by atoms with E-state index in [0.29, 0.717) is 19.7 Å². The molecule has 1 rings (SSSR count). The number of aryl methyl sites for hydroxylation is 1. The number of unbranched alkanes of at least 4 members (excludes halogenated alkanes) is 2. The number of hydrogen-bond donors (Lipinski definition) is 1. The predicted molar refractivity (Wildman–Crippen MR) is 79.2 cm³/mol. The fraction of sp³-hybridized carbons (Fsp3) is 0.600. The van der Waals surface area contributed by atoms with Crippen LogP contribution in [0.1, 0.15) is 42.2 Å². The van der Waals surface area contributed by atoms with Gasteiger partial charge in [-0.2, -0.15) is 0 Å². The number of carbonyl (C=O) groups is 1. The van der Waals surface area contributed by atoms with E-state index in [9.17, 15) is 9.59 Å². The first-order chi connectivity index (χ1) is 9.60. The van der Waals surface area contributed by atoms with Gasteiger partial charge < -0.3 is 14.6 Å². The predicted octanol–water partition coefficient (Wildman–Crippen LogP) is 1.72. The van der Waals surface area contributed by atoms with Gasteiger partial charge in [-0.1, -0.05) is 19.8 Å². The van der Waals surface area contributed by atoms with Crippen LogP contribution in [0.25, 0.3) is 0 Å². The van der Waals surface area contributed by atoms with E-state index >= 15 is 0 Å². The van der Waals surface area contributed by atoms with Gasteiger partial charge in [0, 0.05) is 38.2 Å². The lowest BCUT2D eigenvalue weighted by Gasteiger charge is -2.12. The Balaban J connectivity index is 2.77. The highest BCUT2D eigenvalue weighted by atomic mass is 16.5. The molecule has 5 nitrogen and oxygen atoms in total. The van der Waals surface area contributed by atoms with Gasteiger partial charge in [-0.3, -0.25) is 9.59 Å². The quantitative estimate of drug-likeness (QED) is 0.738. The number of ether oxygens (including phenoxy) is 1. The van der Waals surface area contributed by atoms with Crippen LogP contribution in [-0.4, -0.2) is 30.7 Å². The smallest absolute Gasteiger partial charge is 0.256 e. The Hall–Kier alpha value is -1.62. The molecule has 0 fully saturated rings. The van der Waals surface area contributed by atoms with Crippen LogP contribution in [-0.2, 0) is 11.3 Å². The van der Waals surface area contributed by atoms with Crippen molar-refractivity contribution in [3.05, 3.63) is 33.7 Å². The highest BCUT2D eigenvalue weighted by Gasteiger charge is 2.11. The molecule has 0 aliphatic heterocycles. The lowest BCUT2D eigenvalue weighted by molar-refractivity contribution is 0.0950. The Kier molecular flexibility index (Phi) is 7.01. The molecule has 0 aliphatic rings. The molecule has 0 unspecified atom stereocenters. The number of nitrogens with one attached hydrogen (secondary N) is 1. The molecule has 0 radical (unpaired) electrons. The minimum atomic E-state index is -0.294. The van der Waals surface area contributed by atoms with Crippen LogP contribution in [0.4, 0.5) is 0 Å². The first-order valence-electron chi connectivity index (χ1n) is 7.08. The van der Waals surface area contributed by atoms with E-state index in [1.807, 2.05) is 11.5 Å². The molecule has 0 spiro atoms. The Bertz CT molecular complexity index is 494. The molecule has 1 aromatic heterocycles. The SMILES string of the molecule is CCCCCNC(=O)c1cn(CCOC)c(C)cc1=O. The maximum absolute atomic E-state index is 12.0. The zero-order chi connectivity index (χ0) is 15.0. The Morgan fingerprint density at radius 1 is 1.40 bits per heavy atom. The summed E-state index contributed by atoms with van der Waals surface area (Å²) in [5.41, 5.74) is 0.793. The molecule has 0 bridgehead atoms. The summed E-state index contributed by atoms with van der Waals surface area (Å²) in [5, 5.41) is 2.79. The van der Waals surface area contributed by atoms with E-state index in [-0.39, 0.29) is 16.9 Å². The summed E-state index contributed by atoms with van der Waals surface area (Å²) in [5.74, 6) is -0.294. The van der Waals surface area contributed by atoms with Crippen LogP contribution < -0.4 is 10.7 Å². The molecule has 0 saturated carbocycles. The van der Waals surface area contributed by atoms with Crippen molar-refractivity contribution in [2.45, 2.75) is 39.7 Å². The zero-order valence-corrected chi connectivity index (χ0v) is 12.6. The minimum absolute atomic E-state index is 0.197. The van der Waals surface area contributed by atoms with Gasteiger partial charge in [0.1, 0.15) is 5.56 Å². The summed E-state index contributed by atoms with van der Waals surface area (Å²) >= 11 is 0. The summed E-state index contributed by atoms with van der Waals surface area (Å²) in [6.07, 6.45) is 4.73. The van der Waals surface area contributed by atoms with E-state index in [1.165, 1.54) is 6.07 Å². The lowest BCUT2D eigenvalue weighted by Crippen LogP contribution is -2.30. The Morgan fingerprint density at radius 2 is 2.15 bits per heavy atom. The fourth-order valence-corrected chi connectivity index (χ4v) is 1.94. The van der Waals surface area contributed by atoms with Gasteiger partial charge in [0.25, 0.3) is 5.91 Å². The Morgan fingerprint density at radius 3 is 2.80 bits per heavy atom. The molecule has 1 aromatic rings. The van der Waals surface area contributed by atoms with Gasteiger partial charge in [0.15, 0.2) is 5.43 Å². The number of carbonyl (C=O) groups excluding carboxylic acids is 1. The van der Waals surface area contributed by atoms with Crippen LogP contribution in [0.5, 0.6) is 0 Å². The number of amides is 1. The number of hydrogen-bond acceptors (Lipinski definition) is 3. The highest BCUT2D eigenvalue weighted by Crippen LogP contribution is 2.00. The maximum Gasteiger partial charge on any atom is 0.256 e. The number of methoxy groups -OCH3 is 1. The topological polar surface area (TPSA) is 60.3 Å². The second-order valence-corrected chi connectivity index (χ2v) is 4.84. The van der Waals surface area contributed by atoms with Crippen molar-refractivity contribution < 1.29 is 9.53 Å². The van der Waals surface area contributed by atoms with Crippen molar-refractivity contribution in [1.29, 1.82) is 0 Å². The lowest BCUT2D eigenvalue weighted by atomic mass is 10.2. The molecule has 1 amide bonds. The standard InChI is InChI=1S/C15H24N2O3/c1-4-5-6-7-16-15(19)13-11-17(8-9-20-3)12(2)10-14(13)18/h10-11H,4-9H2,1-3H3,(H,16,19). The highest BCUT2D eigenvalue weighted by molar-refractivity contribution is 5.93. The zero-order valence-electron chi connectivity index (χ0n) is 12.6. The average molecular weight is 280 g/mol. The molecule has 0 saturated heterocycles. The monoisotopic (exact) mass is 280 g/mol. The molecular formula is C15H24N2O3. The van der Waals surface area contributed by atoms with Crippen molar-refractivity contribution in [3.8, 4) is 0 Å². The Labute approximate surface area is 119 Å². The van der Waals surface area contributed by atoms with Crippen molar-refractivity contribution in [1.82, 2.24) is 9.88 Å². The van der Waals surface area contributed by atoms with Crippen molar-refractivity contribution >= 4 is 5.91 Å². The third-order valence-electron chi connectivity index (χ3n) is 3.19. The van der Waals surface area contributed by atoms with E-state index < -0.39 is 0 Å². The summed E-state index contributed by atoms with van der Waals surface area (Å²) in [4.78, 5) is 23.9. The van der Waals surface area contributed by atoms with E-state index in [1.54, 1.807) is 13.3 Å². The molecule has 0 atom stereocenters. The van der Waals surface area contributed by atoms with Gasteiger partial charge in [-0.25, -0.2) is 0 Å². The molecule has 112 valence electrons. The molecule has 0 aliphatic carbocycles. The molecule has 1 heterocycles. The minimum Gasteiger partial charge on any atom is -0.383 e. The van der Waals surface area contributed by atoms with Gasteiger partial charge in [-0.05, 0) is 13.3 Å². The fourth-order valence-electron chi connectivity index (χ4n) is 1.94. The molecule has 0 aromatic carbocycles. The van der Waals surface area contributed by atoms with Crippen LogP contribution in [0.2, 0.25) is 0 Å². The largest absolute Gasteiger partial charge is 0.383 e. The van der Waals surface area contributed by atoms with Crippen molar-refractivity contribution in [3.63, 3.8) is 0 Å². The van der Waals surface area contributed by atoms with Gasteiger partial charge in [0.2, 0.25) is 0 Å². The van der Waals surface area contributed by atoms with Crippen molar-refractivity contribution in [2.24, 2.45) is 0 Å². The van der Waals surface area contributed by atoms with Crippen molar-refractivity contribution in [2.75, 3.05) is 20.3 Å². The van der Waals surface area contributed by atoms with Crippen LogP contribution in [0, 0.1) is 6.92 Å². The van der Waals surface area contributed by atoms with E-state index in [0.717, 1.165) is 25.0 Å². The molecular weight excluding hydrogens is 256 g/mol. The molecule has 5 heteroatoms. The third-order valence-corrected chi connectivity index (χ3v) is 3.19. The second kappa shape index (κ2) is 8.53. The second-order valence-electron chi connectivity index (χ2n) is 4.84. The van der Waals surface area contributed by atoms with E-state index in [2.05, 4.69) is 12.2 Å². The molecule has 1 N–H and O–H groups in total. The first kappa shape index (κ1) is 16.4. The van der Waals surface area contributed by atoms with Crippen LogP contribution in [0.15, 0.2) is 17.1 Å². The number of aromatic nitrogens is 1. The normalized spacial score (nSPS) is 10.6. The number of nitrogens with zero attached hydrogens (tertiary/aromatic N) is 1.